The van der Waals surface area contributed by atoms with Crippen LogP contribution in [0, 0.1) is 5.92 Å². The molecular weight excluding hydrogens is 520 g/mol. The number of thiophene rings is 1. The molecule has 2 N–H and O–H groups in total. The third-order valence-electron chi connectivity index (χ3n) is 7.16. The van der Waals surface area contributed by atoms with E-state index in [1.807, 2.05) is 43.3 Å². The van der Waals surface area contributed by atoms with E-state index >= 15 is 0 Å². The number of amides is 3. The summed E-state index contributed by atoms with van der Waals surface area (Å²) in [6.07, 6.45) is 8.21. The van der Waals surface area contributed by atoms with Gasteiger partial charge in [0.15, 0.2) is 0 Å². The number of H-pyrrole nitrogens is 1. The molecule has 3 aromatic rings. The van der Waals surface area contributed by atoms with Crippen molar-refractivity contribution in [3.05, 3.63) is 64.4 Å². The average molecular weight is 563 g/mol. The van der Waals surface area contributed by atoms with Crippen LogP contribution in [-0.4, -0.2) is 48.2 Å². The van der Waals surface area contributed by atoms with Crippen molar-refractivity contribution in [2.75, 3.05) is 30.9 Å². The van der Waals surface area contributed by atoms with Crippen molar-refractivity contribution in [1.82, 2.24) is 9.88 Å². The van der Waals surface area contributed by atoms with Gasteiger partial charge in [-0.25, -0.2) is 0 Å². The summed E-state index contributed by atoms with van der Waals surface area (Å²) in [4.78, 5) is 46.1. The fourth-order valence-electron chi connectivity index (χ4n) is 4.89. The normalized spacial score (nSPS) is 12.3. The number of hydrogen-bond acceptors (Lipinski definition) is 4. The van der Waals surface area contributed by atoms with Gasteiger partial charge >= 0.3 is 0 Å². The Morgan fingerprint density at radius 2 is 1.82 bits per heavy atom. The highest BCUT2D eigenvalue weighted by Crippen LogP contribution is 2.33. The zero-order valence-electron chi connectivity index (χ0n) is 24.6. The molecule has 214 valence electrons. The van der Waals surface area contributed by atoms with Crippen LogP contribution in [0.1, 0.15) is 73.5 Å². The minimum absolute atomic E-state index is 0.0112. The van der Waals surface area contributed by atoms with Crippen molar-refractivity contribution in [2.24, 2.45) is 5.92 Å². The van der Waals surface area contributed by atoms with E-state index in [1.54, 1.807) is 30.8 Å². The molecule has 7 nitrogen and oxygen atoms in total. The van der Waals surface area contributed by atoms with E-state index in [9.17, 15) is 14.4 Å². The van der Waals surface area contributed by atoms with Crippen molar-refractivity contribution in [3.8, 4) is 0 Å². The van der Waals surface area contributed by atoms with Crippen LogP contribution in [0.3, 0.4) is 0 Å². The van der Waals surface area contributed by atoms with E-state index in [0.29, 0.717) is 36.0 Å². The maximum absolute atomic E-state index is 13.4. The Morgan fingerprint density at radius 3 is 2.42 bits per heavy atom. The summed E-state index contributed by atoms with van der Waals surface area (Å²) in [7, 11) is 3.47. The van der Waals surface area contributed by atoms with Gasteiger partial charge in [0.25, 0.3) is 5.91 Å². The number of aryl methyl sites for hydroxylation is 1. The molecule has 0 aliphatic rings. The highest BCUT2D eigenvalue weighted by molar-refractivity contribution is 7.15. The van der Waals surface area contributed by atoms with Gasteiger partial charge in [-0.15, -0.1) is 11.3 Å². The Labute approximate surface area is 241 Å². The molecule has 0 saturated carbocycles. The van der Waals surface area contributed by atoms with E-state index in [4.69, 9.17) is 0 Å². The third-order valence-corrected chi connectivity index (χ3v) is 8.29. The van der Waals surface area contributed by atoms with Gasteiger partial charge in [0.1, 0.15) is 5.82 Å². The summed E-state index contributed by atoms with van der Waals surface area (Å²) < 4.78 is 0. The van der Waals surface area contributed by atoms with Gasteiger partial charge in [-0.1, -0.05) is 45.1 Å². The molecule has 0 bridgehead atoms. The number of rotatable bonds is 13. The topological polar surface area (TPSA) is 85.5 Å². The summed E-state index contributed by atoms with van der Waals surface area (Å²) in [5.74, 6) is 0.800. The van der Waals surface area contributed by atoms with Gasteiger partial charge in [0, 0.05) is 61.0 Å². The van der Waals surface area contributed by atoms with Crippen molar-refractivity contribution in [3.63, 3.8) is 0 Å². The van der Waals surface area contributed by atoms with Gasteiger partial charge in [0.2, 0.25) is 11.8 Å². The summed E-state index contributed by atoms with van der Waals surface area (Å²) in [5, 5.41) is 3.97. The lowest BCUT2D eigenvalue weighted by molar-refractivity contribution is -0.128. The molecule has 0 spiro atoms. The Hall–Kier alpha value is -3.65. The number of nitrogens with one attached hydrogen (secondary N) is 2. The van der Waals surface area contributed by atoms with Crippen molar-refractivity contribution in [1.29, 1.82) is 0 Å². The minimum atomic E-state index is -0.217. The second-order valence-electron chi connectivity index (χ2n) is 10.2. The molecule has 40 heavy (non-hydrogen) atoms. The molecule has 0 saturated heterocycles. The highest BCUT2D eigenvalue weighted by atomic mass is 32.1. The molecule has 1 unspecified atom stereocenters. The first-order valence-corrected chi connectivity index (χ1v) is 14.8. The first-order valence-electron chi connectivity index (χ1n) is 14.0. The number of benzene rings is 1. The zero-order valence-corrected chi connectivity index (χ0v) is 25.4. The van der Waals surface area contributed by atoms with Crippen LogP contribution >= 0.6 is 11.3 Å². The number of carbonyl (C=O) groups is 3. The summed E-state index contributed by atoms with van der Waals surface area (Å²) >= 11 is 1.44. The molecule has 0 radical (unpaired) electrons. The second kappa shape index (κ2) is 14.1. The Kier molecular flexibility index (Phi) is 10.9. The number of carbonyl (C=O) groups excluding carboxylic acids is 3. The van der Waals surface area contributed by atoms with Crippen LogP contribution in [0.2, 0.25) is 0 Å². The first-order chi connectivity index (χ1) is 19.1. The largest absolute Gasteiger partial charge is 0.349 e. The van der Waals surface area contributed by atoms with Crippen LogP contribution in [-0.2, 0) is 16.0 Å². The molecule has 2 heterocycles. The molecule has 2 aromatic heterocycles. The lowest BCUT2D eigenvalue weighted by Gasteiger charge is -2.19. The van der Waals surface area contributed by atoms with E-state index in [1.165, 1.54) is 11.3 Å². The summed E-state index contributed by atoms with van der Waals surface area (Å²) in [5.41, 5.74) is 3.49. The number of fused-ring (bicyclic) bond motifs is 1. The fourth-order valence-corrected chi connectivity index (χ4v) is 5.81. The number of allylic oxidation sites excluding steroid dienone is 3. The van der Waals surface area contributed by atoms with Crippen LogP contribution in [0.15, 0.2) is 49.1 Å². The molecule has 3 rings (SSSR count). The van der Waals surface area contributed by atoms with E-state index in [2.05, 4.69) is 36.8 Å². The van der Waals surface area contributed by atoms with Crippen molar-refractivity contribution < 1.29 is 14.4 Å². The maximum atomic E-state index is 13.4. The highest BCUT2D eigenvalue weighted by Gasteiger charge is 2.20. The number of aromatic nitrogens is 1. The zero-order chi connectivity index (χ0) is 29.4. The van der Waals surface area contributed by atoms with E-state index in [0.717, 1.165) is 51.9 Å². The average Bonchev–Trinajstić information content (AvgIpc) is 3.54. The minimum Gasteiger partial charge on any atom is -0.349 e. The smallest absolute Gasteiger partial charge is 0.266 e. The van der Waals surface area contributed by atoms with Crippen molar-refractivity contribution >= 4 is 57.0 Å². The van der Waals surface area contributed by atoms with Gasteiger partial charge in [-0.05, 0) is 61.9 Å². The van der Waals surface area contributed by atoms with Crippen LogP contribution in [0.5, 0.6) is 0 Å². The predicted molar refractivity (Wildman–Crippen MR) is 168 cm³/mol. The van der Waals surface area contributed by atoms with Gasteiger partial charge in [0.05, 0.1) is 4.88 Å². The quantitative estimate of drug-likeness (QED) is 0.215. The standard InChI is InChI=1S/C32H42N4O3S/c1-8-12-22(9-2)19-23(10-3)28-16-17-29(40-28)32(39)34-31-26(15-18-30(38)35(6)7)25-14-13-24(20-27(25)33-31)36(11-4)21(5)37/h10,13-14,16-17,19-20,22,33H,3,8-9,11-12,15,18H2,1-2,4-7H3,(H,34,39). The lowest BCUT2D eigenvalue weighted by atomic mass is 9.97. The molecule has 0 aliphatic carbocycles. The Balaban J connectivity index is 1.95. The molecule has 1 aromatic carbocycles. The molecule has 3 amide bonds. The predicted octanol–water partition coefficient (Wildman–Crippen LogP) is 7.27. The SMILES string of the molecule is C=CC(=CC(CC)CCC)c1ccc(C(=O)Nc2[nH]c3cc(N(CC)C(C)=O)ccc3c2CCC(=O)N(C)C)s1. The van der Waals surface area contributed by atoms with Gasteiger partial charge < -0.3 is 20.1 Å². The summed E-state index contributed by atoms with van der Waals surface area (Å²) in [6, 6.07) is 9.58. The number of hydrogen-bond donors (Lipinski definition) is 2. The number of nitrogens with zero attached hydrogens (tertiary/aromatic N) is 2. The molecule has 0 aliphatic heterocycles. The van der Waals surface area contributed by atoms with Gasteiger partial charge in [-0.3, -0.25) is 14.4 Å². The Morgan fingerprint density at radius 1 is 1.10 bits per heavy atom. The van der Waals surface area contributed by atoms with Crippen LogP contribution in [0.25, 0.3) is 16.5 Å². The first kappa shape index (κ1) is 30.9. The molecule has 1 atom stereocenters. The van der Waals surface area contributed by atoms with E-state index in [-0.39, 0.29) is 17.7 Å². The Bertz CT molecular complexity index is 1400. The third kappa shape index (κ3) is 7.30. The summed E-state index contributed by atoms with van der Waals surface area (Å²) in [6.45, 7) is 12.4. The monoisotopic (exact) mass is 562 g/mol. The van der Waals surface area contributed by atoms with E-state index < -0.39 is 0 Å². The van der Waals surface area contributed by atoms with Crippen LogP contribution < -0.4 is 10.2 Å². The molecule has 0 fully saturated rings. The number of aromatic amines is 1. The molecule has 8 heteroatoms. The number of anilines is 2. The van der Waals surface area contributed by atoms with Crippen LogP contribution in [0.4, 0.5) is 11.5 Å². The van der Waals surface area contributed by atoms with Gasteiger partial charge in [-0.2, -0.15) is 0 Å². The molecular formula is C32H42N4O3S. The second-order valence-corrected chi connectivity index (χ2v) is 11.2. The maximum Gasteiger partial charge on any atom is 0.266 e. The lowest BCUT2D eigenvalue weighted by Crippen LogP contribution is -2.27. The fraction of sp³-hybridized carbons (Fsp3) is 0.406. The van der Waals surface area contributed by atoms with Crippen molar-refractivity contribution in [2.45, 2.75) is 59.8 Å².